The molecule has 1 aliphatic rings. The van der Waals surface area contributed by atoms with Crippen molar-refractivity contribution in [3.63, 3.8) is 0 Å². The Morgan fingerprint density at radius 1 is 1.18 bits per heavy atom. The second-order valence-corrected chi connectivity index (χ2v) is 6.15. The zero-order valence-electron chi connectivity index (χ0n) is 12.4. The first-order valence-electron chi connectivity index (χ1n) is 7.18. The first kappa shape index (κ1) is 17.1. The number of carbonyl (C=O) groups excluding carboxylic acids is 2. The van der Waals surface area contributed by atoms with Crippen LogP contribution in [0.1, 0.15) is 13.3 Å². The van der Waals surface area contributed by atoms with Crippen LogP contribution in [0.25, 0.3) is 0 Å². The summed E-state index contributed by atoms with van der Waals surface area (Å²) in [6.45, 7) is 4.73. The quantitative estimate of drug-likeness (QED) is 0.917. The van der Waals surface area contributed by atoms with E-state index in [1.165, 1.54) is 0 Å². The zero-order chi connectivity index (χ0) is 16.1. The van der Waals surface area contributed by atoms with Gasteiger partial charge in [0.1, 0.15) is 0 Å². The molecule has 0 aliphatic carbocycles. The molecule has 1 aromatic carbocycles. The van der Waals surface area contributed by atoms with Gasteiger partial charge in [0.15, 0.2) is 0 Å². The molecule has 0 unspecified atom stereocenters. The Morgan fingerprint density at radius 2 is 1.95 bits per heavy atom. The molecule has 0 bridgehead atoms. The molecule has 2 amide bonds. The van der Waals surface area contributed by atoms with Gasteiger partial charge in [-0.3, -0.25) is 14.5 Å². The third kappa shape index (κ3) is 4.87. The first-order chi connectivity index (χ1) is 10.5. The fourth-order valence-corrected chi connectivity index (χ4v) is 2.77. The van der Waals surface area contributed by atoms with Gasteiger partial charge in [0.25, 0.3) is 0 Å². The van der Waals surface area contributed by atoms with Crippen LogP contribution >= 0.6 is 23.2 Å². The Bertz CT molecular complexity index is 566. The molecule has 0 atom stereocenters. The van der Waals surface area contributed by atoms with Gasteiger partial charge in [0, 0.05) is 38.1 Å². The van der Waals surface area contributed by atoms with Gasteiger partial charge in [0.2, 0.25) is 11.8 Å². The lowest BCUT2D eigenvalue weighted by Crippen LogP contribution is -2.37. The molecule has 1 heterocycles. The van der Waals surface area contributed by atoms with Crippen LogP contribution in [0.3, 0.4) is 0 Å². The number of nitrogens with one attached hydrogen (secondary N) is 1. The summed E-state index contributed by atoms with van der Waals surface area (Å²) in [6.07, 6.45) is 0.866. The number of halogens is 2. The molecule has 22 heavy (non-hydrogen) atoms. The molecule has 0 saturated carbocycles. The minimum Gasteiger partial charge on any atom is -0.342 e. The second-order valence-electron chi connectivity index (χ2n) is 5.31. The van der Waals surface area contributed by atoms with E-state index in [4.69, 9.17) is 23.2 Å². The number of rotatable bonds is 3. The molecule has 7 heteroatoms. The van der Waals surface area contributed by atoms with Gasteiger partial charge in [-0.2, -0.15) is 0 Å². The van der Waals surface area contributed by atoms with Gasteiger partial charge in [0.05, 0.1) is 17.3 Å². The van der Waals surface area contributed by atoms with E-state index in [1.54, 1.807) is 25.1 Å². The summed E-state index contributed by atoms with van der Waals surface area (Å²) in [5.41, 5.74) is 0.513. The van der Waals surface area contributed by atoms with Crippen molar-refractivity contribution in [3.05, 3.63) is 28.2 Å². The van der Waals surface area contributed by atoms with Crippen molar-refractivity contribution < 1.29 is 9.59 Å². The normalized spacial score (nSPS) is 16.2. The second kappa shape index (κ2) is 7.81. The standard InChI is InChI=1S/C15H19Cl2N3O2/c1-11(21)20-6-2-5-19(7-8-20)10-15(22)18-14-9-12(16)3-4-13(14)17/h3-4,9H,2,5-8,10H2,1H3,(H,18,22). The van der Waals surface area contributed by atoms with E-state index in [0.29, 0.717) is 28.8 Å². The van der Waals surface area contributed by atoms with Gasteiger partial charge < -0.3 is 10.2 Å². The Kier molecular flexibility index (Phi) is 6.06. The van der Waals surface area contributed by atoms with E-state index in [0.717, 1.165) is 19.5 Å². The van der Waals surface area contributed by atoms with Crippen molar-refractivity contribution in [2.75, 3.05) is 38.0 Å². The molecule has 0 aromatic heterocycles. The number of benzene rings is 1. The minimum atomic E-state index is -0.138. The summed E-state index contributed by atoms with van der Waals surface area (Å²) in [6, 6.07) is 4.95. The lowest BCUT2D eigenvalue weighted by molar-refractivity contribution is -0.128. The van der Waals surface area contributed by atoms with Crippen molar-refractivity contribution in [2.45, 2.75) is 13.3 Å². The molecule has 2 rings (SSSR count). The zero-order valence-corrected chi connectivity index (χ0v) is 14.0. The van der Waals surface area contributed by atoms with E-state index in [9.17, 15) is 9.59 Å². The molecule has 0 radical (unpaired) electrons. The molecular weight excluding hydrogens is 325 g/mol. The van der Waals surface area contributed by atoms with E-state index < -0.39 is 0 Å². The number of anilines is 1. The number of nitrogens with zero attached hydrogens (tertiary/aromatic N) is 2. The van der Waals surface area contributed by atoms with Crippen molar-refractivity contribution in [3.8, 4) is 0 Å². The smallest absolute Gasteiger partial charge is 0.238 e. The highest BCUT2D eigenvalue weighted by Gasteiger charge is 2.18. The highest BCUT2D eigenvalue weighted by Crippen LogP contribution is 2.25. The molecule has 1 aromatic rings. The predicted octanol–water partition coefficient (Wildman–Crippen LogP) is 2.49. The van der Waals surface area contributed by atoms with Gasteiger partial charge >= 0.3 is 0 Å². The van der Waals surface area contributed by atoms with Gasteiger partial charge in [-0.15, -0.1) is 0 Å². The highest BCUT2D eigenvalue weighted by molar-refractivity contribution is 6.35. The molecule has 1 aliphatic heterocycles. The molecular formula is C15H19Cl2N3O2. The monoisotopic (exact) mass is 343 g/mol. The van der Waals surface area contributed by atoms with Gasteiger partial charge in [-0.1, -0.05) is 23.2 Å². The molecule has 120 valence electrons. The lowest BCUT2D eigenvalue weighted by Gasteiger charge is -2.20. The maximum absolute atomic E-state index is 12.1. The van der Waals surface area contributed by atoms with E-state index >= 15 is 0 Å². The van der Waals surface area contributed by atoms with Crippen LogP contribution < -0.4 is 5.32 Å². The number of amides is 2. The summed E-state index contributed by atoms with van der Waals surface area (Å²) < 4.78 is 0. The van der Waals surface area contributed by atoms with Crippen molar-refractivity contribution in [1.82, 2.24) is 9.80 Å². The maximum atomic E-state index is 12.1. The number of hydrogen-bond donors (Lipinski definition) is 1. The summed E-state index contributed by atoms with van der Waals surface area (Å²) in [7, 11) is 0. The summed E-state index contributed by atoms with van der Waals surface area (Å²) in [5.74, 6) is -0.0579. The summed E-state index contributed by atoms with van der Waals surface area (Å²) in [5, 5.41) is 3.75. The van der Waals surface area contributed by atoms with Crippen LogP contribution in [0.4, 0.5) is 5.69 Å². The SMILES string of the molecule is CC(=O)N1CCCN(CC(=O)Nc2cc(Cl)ccc2Cl)CC1. The molecule has 0 spiro atoms. The molecule has 1 N–H and O–H groups in total. The third-order valence-electron chi connectivity index (χ3n) is 3.60. The number of hydrogen-bond acceptors (Lipinski definition) is 3. The van der Waals surface area contributed by atoms with Crippen LogP contribution in [0, 0.1) is 0 Å². The van der Waals surface area contributed by atoms with E-state index in [2.05, 4.69) is 5.32 Å². The summed E-state index contributed by atoms with van der Waals surface area (Å²) >= 11 is 11.9. The topological polar surface area (TPSA) is 52.7 Å². The lowest BCUT2D eigenvalue weighted by atomic mass is 10.3. The average molecular weight is 344 g/mol. The third-order valence-corrected chi connectivity index (χ3v) is 4.17. The Balaban J connectivity index is 1.89. The van der Waals surface area contributed by atoms with Crippen LogP contribution in [-0.2, 0) is 9.59 Å². The van der Waals surface area contributed by atoms with E-state index in [1.807, 2.05) is 9.80 Å². The van der Waals surface area contributed by atoms with Crippen molar-refractivity contribution in [1.29, 1.82) is 0 Å². The Morgan fingerprint density at radius 3 is 2.68 bits per heavy atom. The van der Waals surface area contributed by atoms with Gasteiger partial charge in [-0.05, 0) is 24.6 Å². The van der Waals surface area contributed by atoms with Crippen LogP contribution in [0.15, 0.2) is 18.2 Å². The molecule has 1 saturated heterocycles. The van der Waals surface area contributed by atoms with Crippen LogP contribution in [0.2, 0.25) is 10.0 Å². The Hall–Kier alpha value is -1.30. The average Bonchev–Trinajstić information content (AvgIpc) is 2.68. The van der Waals surface area contributed by atoms with Crippen molar-refractivity contribution >= 4 is 40.7 Å². The highest BCUT2D eigenvalue weighted by atomic mass is 35.5. The number of carbonyl (C=O) groups is 2. The Labute approximate surface area is 140 Å². The summed E-state index contributed by atoms with van der Waals surface area (Å²) in [4.78, 5) is 27.4. The van der Waals surface area contributed by atoms with Crippen LogP contribution in [0.5, 0.6) is 0 Å². The van der Waals surface area contributed by atoms with E-state index in [-0.39, 0.29) is 18.4 Å². The first-order valence-corrected chi connectivity index (χ1v) is 7.94. The predicted molar refractivity (Wildman–Crippen MR) is 88.4 cm³/mol. The van der Waals surface area contributed by atoms with Crippen LogP contribution in [-0.4, -0.2) is 54.3 Å². The minimum absolute atomic E-state index is 0.0806. The van der Waals surface area contributed by atoms with Gasteiger partial charge in [-0.25, -0.2) is 0 Å². The largest absolute Gasteiger partial charge is 0.342 e. The fourth-order valence-electron chi connectivity index (χ4n) is 2.43. The molecule has 5 nitrogen and oxygen atoms in total. The van der Waals surface area contributed by atoms with Crippen molar-refractivity contribution in [2.24, 2.45) is 0 Å². The molecule has 1 fully saturated rings. The fraction of sp³-hybridized carbons (Fsp3) is 0.467. The maximum Gasteiger partial charge on any atom is 0.238 e.